The Hall–Kier alpha value is 0.177. The number of unbranched alkanes of at least 4 members (excludes halogenated alkanes) is 6. The molecule has 0 aliphatic rings. The highest BCUT2D eigenvalue weighted by Gasteiger charge is 2.25. The van der Waals surface area contributed by atoms with E-state index in [0.717, 1.165) is 0 Å². The normalized spacial score (nSPS) is 12.0. The van der Waals surface area contributed by atoms with Gasteiger partial charge < -0.3 is 4.43 Å². The first kappa shape index (κ1) is 16.2. The quantitative estimate of drug-likeness (QED) is 0.351. The Kier molecular flexibility index (Phi) is 10.5. The minimum atomic E-state index is -1.32. The summed E-state index contributed by atoms with van der Waals surface area (Å²) in [5, 5.41) is 0. The van der Waals surface area contributed by atoms with Gasteiger partial charge in [-0.2, -0.15) is 0 Å². The predicted molar refractivity (Wildman–Crippen MR) is 76.5 cm³/mol. The van der Waals surface area contributed by atoms with Gasteiger partial charge in [0.2, 0.25) is 0 Å². The van der Waals surface area contributed by atoms with Gasteiger partial charge in [0, 0.05) is 7.11 Å². The van der Waals surface area contributed by atoms with E-state index in [1.807, 2.05) is 7.11 Å². The van der Waals surface area contributed by atoms with Gasteiger partial charge in [0.15, 0.2) is 8.32 Å². The molecule has 2 heteroatoms. The van der Waals surface area contributed by atoms with Crippen LogP contribution in [0.4, 0.5) is 0 Å². The van der Waals surface area contributed by atoms with Crippen molar-refractivity contribution in [2.45, 2.75) is 83.8 Å². The van der Waals surface area contributed by atoms with Crippen molar-refractivity contribution in [3.05, 3.63) is 0 Å². The Labute approximate surface area is 104 Å². The summed E-state index contributed by atoms with van der Waals surface area (Å²) in [6, 6.07) is 2.74. The van der Waals surface area contributed by atoms with Crippen LogP contribution in [0.2, 0.25) is 18.6 Å². The molecule has 0 rings (SSSR count). The number of hydrogen-bond acceptors (Lipinski definition) is 1. The maximum Gasteiger partial charge on any atom is 0.189 e. The lowest BCUT2D eigenvalue weighted by Crippen LogP contribution is -2.32. The average Bonchev–Trinajstić information content (AvgIpc) is 2.31. The molecule has 0 aliphatic carbocycles. The van der Waals surface area contributed by atoms with E-state index >= 15 is 0 Å². The van der Waals surface area contributed by atoms with Crippen LogP contribution >= 0.6 is 0 Å². The molecule has 0 spiro atoms. The molecule has 0 radical (unpaired) electrons. The first-order chi connectivity index (χ1) is 7.68. The Balaban J connectivity index is 3.64. The van der Waals surface area contributed by atoms with E-state index in [2.05, 4.69) is 20.4 Å². The van der Waals surface area contributed by atoms with E-state index < -0.39 is 8.32 Å². The van der Waals surface area contributed by atoms with E-state index in [1.165, 1.54) is 63.5 Å². The van der Waals surface area contributed by atoms with Crippen LogP contribution in [0.15, 0.2) is 0 Å². The molecule has 0 saturated carbocycles. The summed E-state index contributed by atoms with van der Waals surface area (Å²) in [4.78, 5) is 0. The SMILES string of the molecule is CCCCCC[Si](C)(CCCCCC)OC. The summed E-state index contributed by atoms with van der Waals surface area (Å²) in [6.07, 6.45) is 11.0. The highest BCUT2D eigenvalue weighted by Crippen LogP contribution is 2.23. The molecule has 0 atom stereocenters. The zero-order chi connectivity index (χ0) is 12.3. The van der Waals surface area contributed by atoms with E-state index in [9.17, 15) is 0 Å². The first-order valence-corrected chi connectivity index (χ1v) is 10.1. The number of hydrogen-bond donors (Lipinski definition) is 0. The van der Waals surface area contributed by atoms with Crippen molar-refractivity contribution < 1.29 is 4.43 Å². The maximum absolute atomic E-state index is 5.84. The van der Waals surface area contributed by atoms with E-state index in [0.29, 0.717) is 0 Å². The molecule has 0 amide bonds. The third kappa shape index (κ3) is 8.34. The zero-order valence-corrected chi connectivity index (χ0v) is 13.0. The van der Waals surface area contributed by atoms with Crippen LogP contribution in [-0.4, -0.2) is 15.4 Å². The van der Waals surface area contributed by atoms with Crippen molar-refractivity contribution >= 4 is 8.32 Å². The first-order valence-electron chi connectivity index (χ1n) is 7.23. The molecule has 0 N–H and O–H groups in total. The standard InChI is InChI=1S/C14H32OSi/c1-5-7-9-11-13-16(4,15-3)14-12-10-8-6-2/h5-14H2,1-4H3. The predicted octanol–water partition coefficient (Wildman–Crippen LogP) is 5.37. The molecule has 0 fully saturated rings. The van der Waals surface area contributed by atoms with Gasteiger partial charge in [-0.3, -0.25) is 0 Å². The lowest BCUT2D eigenvalue weighted by Gasteiger charge is -2.25. The van der Waals surface area contributed by atoms with Crippen LogP contribution in [0.25, 0.3) is 0 Å². The third-order valence-corrected chi connectivity index (χ3v) is 7.42. The van der Waals surface area contributed by atoms with Crippen LogP contribution < -0.4 is 0 Å². The van der Waals surface area contributed by atoms with Crippen LogP contribution in [0.5, 0.6) is 0 Å². The Morgan fingerprint density at radius 1 is 0.750 bits per heavy atom. The minimum Gasteiger partial charge on any atom is -0.420 e. The Bertz CT molecular complexity index is 136. The maximum atomic E-state index is 5.84. The summed E-state index contributed by atoms with van der Waals surface area (Å²) < 4.78 is 5.84. The zero-order valence-electron chi connectivity index (χ0n) is 12.0. The monoisotopic (exact) mass is 244 g/mol. The third-order valence-electron chi connectivity index (χ3n) is 3.61. The topological polar surface area (TPSA) is 9.23 Å². The summed E-state index contributed by atoms with van der Waals surface area (Å²) in [7, 11) is 0.613. The fourth-order valence-corrected chi connectivity index (χ4v) is 4.83. The van der Waals surface area contributed by atoms with Crippen LogP contribution in [0.1, 0.15) is 65.2 Å². The summed E-state index contributed by atoms with van der Waals surface area (Å²) in [5.74, 6) is 0. The van der Waals surface area contributed by atoms with Crippen molar-refractivity contribution in [2.75, 3.05) is 7.11 Å². The second-order valence-corrected chi connectivity index (χ2v) is 9.58. The van der Waals surface area contributed by atoms with E-state index in [-0.39, 0.29) is 0 Å². The van der Waals surface area contributed by atoms with Crippen molar-refractivity contribution in [3.63, 3.8) is 0 Å². The van der Waals surface area contributed by atoms with Gasteiger partial charge in [0.05, 0.1) is 0 Å². The summed E-state index contributed by atoms with van der Waals surface area (Å²) in [6.45, 7) is 6.97. The van der Waals surface area contributed by atoms with Gasteiger partial charge in [-0.15, -0.1) is 0 Å². The fraction of sp³-hybridized carbons (Fsp3) is 1.00. The van der Waals surface area contributed by atoms with Crippen molar-refractivity contribution in [3.8, 4) is 0 Å². The van der Waals surface area contributed by atoms with E-state index in [1.54, 1.807) is 0 Å². The molecular formula is C14H32OSi. The molecular weight excluding hydrogens is 212 g/mol. The molecule has 1 nitrogen and oxygen atoms in total. The summed E-state index contributed by atoms with van der Waals surface area (Å²) in [5.41, 5.74) is 0. The second-order valence-electron chi connectivity index (χ2n) is 5.28. The van der Waals surface area contributed by atoms with Crippen LogP contribution in [0.3, 0.4) is 0 Å². The van der Waals surface area contributed by atoms with Gasteiger partial charge in [0.1, 0.15) is 0 Å². The van der Waals surface area contributed by atoms with Gasteiger partial charge >= 0.3 is 0 Å². The van der Waals surface area contributed by atoms with Gasteiger partial charge in [-0.25, -0.2) is 0 Å². The molecule has 0 aromatic heterocycles. The van der Waals surface area contributed by atoms with Gasteiger partial charge in [-0.1, -0.05) is 65.2 Å². The molecule has 0 saturated heterocycles. The molecule has 16 heavy (non-hydrogen) atoms. The fourth-order valence-electron chi connectivity index (χ4n) is 2.18. The van der Waals surface area contributed by atoms with Crippen molar-refractivity contribution in [1.29, 1.82) is 0 Å². The average molecular weight is 244 g/mol. The lowest BCUT2D eigenvalue weighted by atomic mass is 10.2. The van der Waals surface area contributed by atoms with Crippen LogP contribution in [-0.2, 0) is 4.43 Å². The minimum absolute atomic E-state index is 1.32. The van der Waals surface area contributed by atoms with Crippen molar-refractivity contribution in [2.24, 2.45) is 0 Å². The van der Waals surface area contributed by atoms with E-state index in [4.69, 9.17) is 4.43 Å². The molecule has 98 valence electrons. The molecule has 0 aliphatic heterocycles. The molecule has 0 aromatic rings. The second kappa shape index (κ2) is 10.3. The molecule has 0 bridgehead atoms. The highest BCUT2D eigenvalue weighted by molar-refractivity contribution is 6.72. The highest BCUT2D eigenvalue weighted by atomic mass is 28.4. The molecule has 0 unspecified atom stereocenters. The van der Waals surface area contributed by atoms with Gasteiger partial charge in [0.25, 0.3) is 0 Å². The van der Waals surface area contributed by atoms with Crippen LogP contribution in [0, 0.1) is 0 Å². The smallest absolute Gasteiger partial charge is 0.189 e. The van der Waals surface area contributed by atoms with Crippen molar-refractivity contribution in [1.82, 2.24) is 0 Å². The Morgan fingerprint density at radius 2 is 1.19 bits per heavy atom. The van der Waals surface area contributed by atoms with Gasteiger partial charge in [-0.05, 0) is 18.6 Å². The molecule has 0 heterocycles. The lowest BCUT2D eigenvalue weighted by molar-refractivity contribution is 0.391. The Morgan fingerprint density at radius 3 is 1.50 bits per heavy atom. The molecule has 0 aromatic carbocycles. The number of rotatable bonds is 11. The summed E-state index contributed by atoms with van der Waals surface area (Å²) >= 11 is 0. The largest absolute Gasteiger partial charge is 0.420 e.